The van der Waals surface area contributed by atoms with Gasteiger partial charge in [-0.3, -0.25) is 4.79 Å². The fraction of sp³-hybridized carbons (Fsp3) is 0.583. The van der Waals surface area contributed by atoms with Gasteiger partial charge < -0.3 is 15.2 Å². The van der Waals surface area contributed by atoms with E-state index in [0.29, 0.717) is 23.9 Å². The lowest BCUT2D eigenvalue weighted by molar-refractivity contribution is 0.640. The summed E-state index contributed by atoms with van der Waals surface area (Å²) in [6.45, 7) is 5.26. The van der Waals surface area contributed by atoms with Gasteiger partial charge in [-0.2, -0.15) is 0 Å². The molecular formula is C12H20N4OS. The fourth-order valence-electron chi connectivity index (χ4n) is 1.70. The van der Waals surface area contributed by atoms with E-state index in [1.54, 1.807) is 21.9 Å². The molecule has 1 unspecified atom stereocenters. The van der Waals surface area contributed by atoms with Gasteiger partial charge in [0.1, 0.15) is 0 Å². The summed E-state index contributed by atoms with van der Waals surface area (Å²) in [6.07, 6.45) is 4.27. The van der Waals surface area contributed by atoms with Crippen molar-refractivity contribution >= 4 is 23.0 Å². The molecular weight excluding hydrogens is 248 g/mol. The maximum atomic E-state index is 12.1. The largest absolute Gasteiger partial charge is 0.393 e. The summed E-state index contributed by atoms with van der Waals surface area (Å²) in [4.78, 5) is 18.5. The summed E-state index contributed by atoms with van der Waals surface area (Å²) >= 11 is 4.93. The van der Waals surface area contributed by atoms with Gasteiger partial charge in [-0.15, -0.1) is 0 Å². The van der Waals surface area contributed by atoms with E-state index in [1.807, 2.05) is 20.9 Å². The molecule has 1 heterocycles. The molecule has 100 valence electrons. The standard InChI is InChI=1S/C12H20N4OS/c1-4-6-16-7-5-14-11(12(16)17)15(3)8-9(2)10(13)18/h5,7,9H,4,6,8H2,1-3H3,(H2,13,18). The number of thiocarbonyl (C=S) groups is 1. The van der Waals surface area contributed by atoms with Crippen LogP contribution < -0.4 is 16.2 Å². The highest BCUT2D eigenvalue weighted by atomic mass is 32.1. The number of aryl methyl sites for hydroxylation is 1. The second-order valence-corrected chi connectivity index (χ2v) is 4.90. The van der Waals surface area contributed by atoms with Crippen LogP contribution in [0.1, 0.15) is 20.3 Å². The van der Waals surface area contributed by atoms with Gasteiger partial charge in [-0.25, -0.2) is 4.98 Å². The molecule has 0 fully saturated rings. The van der Waals surface area contributed by atoms with Gasteiger partial charge in [-0.05, 0) is 6.42 Å². The lowest BCUT2D eigenvalue weighted by atomic mass is 10.2. The van der Waals surface area contributed by atoms with Crippen LogP contribution in [0.4, 0.5) is 5.82 Å². The summed E-state index contributed by atoms with van der Waals surface area (Å²) in [5.41, 5.74) is 5.51. The zero-order valence-corrected chi connectivity index (χ0v) is 11.9. The predicted molar refractivity (Wildman–Crippen MR) is 78.0 cm³/mol. The van der Waals surface area contributed by atoms with Crippen molar-refractivity contribution in [2.75, 3.05) is 18.5 Å². The third-order valence-electron chi connectivity index (χ3n) is 2.76. The Labute approximate surface area is 113 Å². The van der Waals surface area contributed by atoms with Gasteiger partial charge in [0, 0.05) is 38.4 Å². The summed E-state index contributed by atoms with van der Waals surface area (Å²) in [5.74, 6) is 0.486. The molecule has 0 aliphatic carbocycles. The van der Waals surface area contributed by atoms with Gasteiger partial charge in [0.15, 0.2) is 5.82 Å². The van der Waals surface area contributed by atoms with Gasteiger partial charge >= 0.3 is 0 Å². The maximum absolute atomic E-state index is 12.1. The molecule has 0 amide bonds. The Morgan fingerprint density at radius 2 is 2.33 bits per heavy atom. The first-order valence-corrected chi connectivity index (χ1v) is 6.44. The second-order valence-electron chi connectivity index (χ2n) is 4.43. The minimum absolute atomic E-state index is 0.0473. The third-order valence-corrected chi connectivity index (χ3v) is 3.16. The van der Waals surface area contributed by atoms with Crippen molar-refractivity contribution in [3.8, 4) is 0 Å². The molecule has 1 aromatic rings. The molecule has 1 atom stereocenters. The van der Waals surface area contributed by atoms with Crippen LogP contribution in [0, 0.1) is 5.92 Å². The van der Waals surface area contributed by atoms with E-state index in [-0.39, 0.29) is 11.5 Å². The first-order valence-electron chi connectivity index (χ1n) is 6.03. The van der Waals surface area contributed by atoms with Crippen LogP contribution in [0.3, 0.4) is 0 Å². The van der Waals surface area contributed by atoms with Crippen LogP contribution in [0.15, 0.2) is 17.2 Å². The lowest BCUT2D eigenvalue weighted by Gasteiger charge is -2.21. The molecule has 0 spiro atoms. The number of nitrogens with two attached hydrogens (primary N) is 1. The summed E-state index contributed by atoms with van der Waals surface area (Å²) in [7, 11) is 1.83. The van der Waals surface area contributed by atoms with Crippen LogP contribution in [0.25, 0.3) is 0 Å². The highest BCUT2D eigenvalue weighted by Crippen LogP contribution is 2.05. The Bertz CT molecular complexity index is 471. The van der Waals surface area contributed by atoms with Crippen LogP contribution in [-0.2, 0) is 6.54 Å². The van der Waals surface area contributed by atoms with Crippen molar-refractivity contribution in [3.63, 3.8) is 0 Å². The molecule has 5 nitrogen and oxygen atoms in total. The Kier molecular flexibility index (Phi) is 5.27. The van der Waals surface area contributed by atoms with E-state index in [1.165, 1.54) is 0 Å². The Hall–Kier alpha value is -1.43. The van der Waals surface area contributed by atoms with Gasteiger partial charge in [-0.1, -0.05) is 26.1 Å². The van der Waals surface area contributed by atoms with Crippen LogP contribution in [-0.4, -0.2) is 28.1 Å². The monoisotopic (exact) mass is 268 g/mol. The number of hydrogen-bond acceptors (Lipinski definition) is 4. The molecule has 0 saturated carbocycles. The molecule has 1 aromatic heterocycles. The van der Waals surface area contributed by atoms with Crippen LogP contribution >= 0.6 is 12.2 Å². The topological polar surface area (TPSA) is 64.2 Å². The lowest BCUT2D eigenvalue weighted by Crippen LogP contribution is -2.36. The zero-order valence-electron chi connectivity index (χ0n) is 11.1. The van der Waals surface area contributed by atoms with Crippen molar-refractivity contribution in [1.29, 1.82) is 0 Å². The van der Waals surface area contributed by atoms with Crippen molar-refractivity contribution < 1.29 is 0 Å². The second kappa shape index (κ2) is 6.49. The zero-order chi connectivity index (χ0) is 13.7. The smallest absolute Gasteiger partial charge is 0.293 e. The highest BCUT2D eigenvalue weighted by molar-refractivity contribution is 7.80. The van der Waals surface area contributed by atoms with Crippen molar-refractivity contribution in [2.45, 2.75) is 26.8 Å². The van der Waals surface area contributed by atoms with E-state index in [0.717, 1.165) is 6.42 Å². The number of nitrogens with zero attached hydrogens (tertiary/aromatic N) is 3. The van der Waals surface area contributed by atoms with Gasteiger partial charge in [0.2, 0.25) is 0 Å². The molecule has 2 N–H and O–H groups in total. The molecule has 0 aliphatic rings. The van der Waals surface area contributed by atoms with Crippen molar-refractivity contribution in [1.82, 2.24) is 9.55 Å². The molecule has 0 saturated heterocycles. The molecule has 6 heteroatoms. The van der Waals surface area contributed by atoms with E-state index in [2.05, 4.69) is 4.98 Å². The molecule has 18 heavy (non-hydrogen) atoms. The van der Waals surface area contributed by atoms with E-state index >= 15 is 0 Å². The predicted octanol–water partition coefficient (Wildman–Crippen LogP) is 1.01. The summed E-state index contributed by atoms with van der Waals surface area (Å²) < 4.78 is 1.67. The molecule has 0 bridgehead atoms. The molecule has 0 radical (unpaired) electrons. The first-order chi connectivity index (χ1) is 8.47. The maximum Gasteiger partial charge on any atom is 0.293 e. The number of anilines is 1. The van der Waals surface area contributed by atoms with E-state index < -0.39 is 0 Å². The van der Waals surface area contributed by atoms with Crippen molar-refractivity contribution in [3.05, 3.63) is 22.7 Å². The fourth-order valence-corrected chi connectivity index (χ4v) is 1.78. The van der Waals surface area contributed by atoms with Gasteiger partial charge in [0.25, 0.3) is 5.56 Å². The van der Waals surface area contributed by atoms with Crippen molar-refractivity contribution in [2.24, 2.45) is 11.7 Å². The minimum Gasteiger partial charge on any atom is -0.393 e. The highest BCUT2D eigenvalue weighted by Gasteiger charge is 2.14. The number of hydrogen-bond donors (Lipinski definition) is 1. The average Bonchev–Trinajstić information content (AvgIpc) is 2.31. The minimum atomic E-state index is -0.0722. The van der Waals surface area contributed by atoms with E-state index in [9.17, 15) is 4.79 Å². The summed E-state index contributed by atoms with van der Waals surface area (Å²) in [5, 5.41) is 0. The molecule has 0 aliphatic heterocycles. The van der Waals surface area contributed by atoms with Gasteiger partial charge in [0.05, 0.1) is 4.99 Å². The summed E-state index contributed by atoms with van der Waals surface area (Å²) in [6, 6.07) is 0. The molecule has 1 rings (SSSR count). The SMILES string of the molecule is CCCn1ccnc(N(C)CC(C)C(N)=S)c1=O. The van der Waals surface area contributed by atoms with Crippen LogP contribution in [0.2, 0.25) is 0 Å². The Balaban J connectivity index is 2.92. The number of aromatic nitrogens is 2. The third kappa shape index (κ3) is 3.53. The number of rotatable bonds is 6. The molecule has 0 aromatic carbocycles. The quantitative estimate of drug-likeness (QED) is 0.780. The first kappa shape index (κ1) is 14.6. The normalized spacial score (nSPS) is 12.2. The Morgan fingerprint density at radius 3 is 2.89 bits per heavy atom. The average molecular weight is 268 g/mol. The van der Waals surface area contributed by atoms with Crippen LogP contribution in [0.5, 0.6) is 0 Å². The van der Waals surface area contributed by atoms with E-state index in [4.69, 9.17) is 18.0 Å². The Morgan fingerprint density at radius 1 is 1.67 bits per heavy atom.